The highest BCUT2D eigenvalue weighted by molar-refractivity contribution is 6.30. The molecule has 0 aliphatic heterocycles. The van der Waals surface area contributed by atoms with Gasteiger partial charge in [-0.1, -0.05) is 54.1 Å². The first-order valence-electron chi connectivity index (χ1n) is 7.15. The van der Waals surface area contributed by atoms with Crippen LogP contribution in [0.2, 0.25) is 5.02 Å². The van der Waals surface area contributed by atoms with Crippen molar-refractivity contribution in [2.45, 2.75) is 11.3 Å². The van der Waals surface area contributed by atoms with Crippen LogP contribution in [0.5, 0.6) is 0 Å². The Balaban J connectivity index is 2.07. The van der Waals surface area contributed by atoms with Crippen LogP contribution in [-0.2, 0) is 14.9 Å². The second-order valence-electron chi connectivity index (χ2n) is 5.59. The number of hydrogen-bond donors (Lipinski definition) is 1. The minimum Gasteiger partial charge on any atom is -0.469 e. The van der Waals surface area contributed by atoms with Crippen LogP contribution >= 0.6 is 11.6 Å². The lowest BCUT2D eigenvalue weighted by atomic mass is 9.90. The molecule has 22 heavy (non-hydrogen) atoms. The molecule has 1 saturated carbocycles. The average Bonchev–Trinajstić information content (AvgIpc) is 3.26. The Bertz CT molecular complexity index is 668. The van der Waals surface area contributed by atoms with Gasteiger partial charge in [0.05, 0.1) is 19.6 Å². The third kappa shape index (κ3) is 2.21. The van der Waals surface area contributed by atoms with Gasteiger partial charge in [-0.25, -0.2) is 0 Å². The number of rotatable bonds is 4. The molecule has 0 radical (unpaired) electrons. The van der Waals surface area contributed by atoms with Crippen molar-refractivity contribution >= 4 is 17.6 Å². The maximum Gasteiger partial charge on any atom is 0.310 e. The van der Waals surface area contributed by atoms with E-state index in [9.17, 15) is 9.90 Å². The van der Waals surface area contributed by atoms with Crippen molar-refractivity contribution in [1.82, 2.24) is 0 Å². The minimum absolute atomic E-state index is 0.107. The van der Waals surface area contributed by atoms with Crippen LogP contribution in [0.15, 0.2) is 54.6 Å². The van der Waals surface area contributed by atoms with Gasteiger partial charge in [-0.2, -0.15) is 0 Å². The van der Waals surface area contributed by atoms with Gasteiger partial charge < -0.3 is 9.84 Å². The molecule has 2 aromatic carbocycles. The van der Waals surface area contributed by atoms with Crippen molar-refractivity contribution in [3.8, 4) is 0 Å². The van der Waals surface area contributed by atoms with Crippen LogP contribution < -0.4 is 0 Å². The fraction of sp³-hybridized carbons (Fsp3) is 0.278. The van der Waals surface area contributed by atoms with E-state index in [1.807, 2.05) is 42.5 Å². The molecule has 1 aliphatic carbocycles. The summed E-state index contributed by atoms with van der Waals surface area (Å²) in [5.74, 6) is -0.784. The maximum atomic E-state index is 12.2. The largest absolute Gasteiger partial charge is 0.469 e. The van der Waals surface area contributed by atoms with E-state index in [2.05, 4.69) is 0 Å². The Hall–Kier alpha value is -1.84. The molecule has 1 aliphatic rings. The van der Waals surface area contributed by atoms with E-state index < -0.39 is 5.41 Å². The molecule has 4 heteroatoms. The standard InChI is InChI=1S/C18H17ClO3/c1-22-17(21)16-15(12-7-9-14(19)10-8-12)18(16,11-20)13-5-3-2-4-6-13/h2-10,15-16,20H,11H2,1H3/t15-,16+,18+/m1/s1. The lowest BCUT2D eigenvalue weighted by Gasteiger charge is -2.15. The van der Waals surface area contributed by atoms with Crippen LogP contribution in [0.3, 0.4) is 0 Å². The number of benzene rings is 2. The van der Waals surface area contributed by atoms with E-state index in [-0.39, 0.29) is 24.4 Å². The molecule has 2 aromatic rings. The lowest BCUT2D eigenvalue weighted by molar-refractivity contribution is -0.143. The summed E-state index contributed by atoms with van der Waals surface area (Å²) in [5, 5.41) is 10.7. The van der Waals surface area contributed by atoms with Gasteiger partial charge in [0, 0.05) is 16.4 Å². The summed E-state index contributed by atoms with van der Waals surface area (Å²) in [6.07, 6.45) is 0. The number of methoxy groups -OCH3 is 1. The number of carbonyl (C=O) groups is 1. The molecule has 0 spiro atoms. The second kappa shape index (κ2) is 5.75. The summed E-state index contributed by atoms with van der Waals surface area (Å²) in [6, 6.07) is 17.1. The Kier molecular flexibility index (Phi) is 3.94. The molecule has 0 aromatic heterocycles. The Labute approximate surface area is 134 Å². The van der Waals surface area contributed by atoms with Crippen molar-refractivity contribution in [3.63, 3.8) is 0 Å². The molecule has 0 saturated heterocycles. The van der Waals surface area contributed by atoms with E-state index in [0.717, 1.165) is 11.1 Å². The first-order chi connectivity index (χ1) is 10.6. The fourth-order valence-electron chi connectivity index (χ4n) is 3.47. The van der Waals surface area contributed by atoms with Gasteiger partial charge in [0.2, 0.25) is 0 Å². The third-order valence-electron chi connectivity index (χ3n) is 4.59. The van der Waals surface area contributed by atoms with Gasteiger partial charge >= 0.3 is 5.97 Å². The molecule has 0 amide bonds. The maximum absolute atomic E-state index is 12.2. The number of esters is 1. The number of hydrogen-bond acceptors (Lipinski definition) is 3. The Morgan fingerprint density at radius 2 is 1.82 bits per heavy atom. The lowest BCUT2D eigenvalue weighted by Crippen LogP contribution is -2.20. The summed E-state index contributed by atoms with van der Waals surface area (Å²) < 4.78 is 4.95. The molecule has 0 heterocycles. The van der Waals surface area contributed by atoms with Gasteiger partial charge in [0.1, 0.15) is 0 Å². The Morgan fingerprint density at radius 3 is 2.36 bits per heavy atom. The highest BCUT2D eigenvalue weighted by Gasteiger charge is 2.69. The van der Waals surface area contributed by atoms with E-state index in [0.29, 0.717) is 5.02 Å². The van der Waals surface area contributed by atoms with E-state index in [4.69, 9.17) is 16.3 Å². The van der Waals surface area contributed by atoms with E-state index in [1.54, 1.807) is 12.1 Å². The normalized spacial score (nSPS) is 26.5. The summed E-state index contributed by atoms with van der Waals surface area (Å²) in [5.41, 5.74) is 1.31. The SMILES string of the molecule is COC(=O)[C@@H]1[C@@H](c2ccc(Cl)cc2)[C@]1(CO)c1ccccc1. The van der Waals surface area contributed by atoms with Crippen LogP contribution in [0, 0.1) is 5.92 Å². The Morgan fingerprint density at radius 1 is 1.18 bits per heavy atom. The summed E-state index contributed by atoms with van der Waals surface area (Å²) in [7, 11) is 1.38. The van der Waals surface area contributed by atoms with Gasteiger partial charge in [0.25, 0.3) is 0 Å². The van der Waals surface area contributed by atoms with Crippen LogP contribution in [0.1, 0.15) is 17.0 Å². The molecule has 0 bridgehead atoms. The van der Waals surface area contributed by atoms with Crippen molar-refractivity contribution in [2.24, 2.45) is 5.92 Å². The predicted molar refractivity (Wildman–Crippen MR) is 84.9 cm³/mol. The summed E-state index contributed by atoms with van der Waals surface area (Å²) >= 11 is 5.94. The van der Waals surface area contributed by atoms with Crippen molar-refractivity contribution in [1.29, 1.82) is 0 Å². The predicted octanol–water partition coefficient (Wildman–Crippen LogP) is 3.16. The highest BCUT2D eigenvalue weighted by atomic mass is 35.5. The van der Waals surface area contributed by atoms with Crippen LogP contribution in [-0.4, -0.2) is 24.8 Å². The molecule has 1 N–H and O–H groups in total. The zero-order valence-electron chi connectivity index (χ0n) is 12.2. The van der Waals surface area contributed by atoms with Crippen LogP contribution in [0.25, 0.3) is 0 Å². The van der Waals surface area contributed by atoms with Crippen molar-refractivity contribution in [2.75, 3.05) is 13.7 Å². The molecule has 3 nitrogen and oxygen atoms in total. The topological polar surface area (TPSA) is 46.5 Å². The number of aliphatic hydroxyl groups is 1. The van der Waals surface area contributed by atoms with Gasteiger partial charge in [-0.3, -0.25) is 4.79 Å². The van der Waals surface area contributed by atoms with Gasteiger partial charge in [-0.05, 0) is 23.3 Å². The third-order valence-corrected chi connectivity index (χ3v) is 4.84. The highest BCUT2D eigenvalue weighted by Crippen LogP contribution is 2.65. The summed E-state index contributed by atoms with van der Waals surface area (Å²) in [4.78, 5) is 12.2. The zero-order valence-corrected chi connectivity index (χ0v) is 13.0. The van der Waals surface area contributed by atoms with Crippen molar-refractivity contribution < 1.29 is 14.6 Å². The first kappa shape index (κ1) is 15.1. The molecule has 3 atom stereocenters. The zero-order chi connectivity index (χ0) is 15.7. The van der Waals surface area contributed by atoms with Crippen LogP contribution in [0.4, 0.5) is 0 Å². The minimum atomic E-state index is -0.623. The van der Waals surface area contributed by atoms with E-state index in [1.165, 1.54) is 7.11 Å². The second-order valence-corrected chi connectivity index (χ2v) is 6.03. The average molecular weight is 317 g/mol. The first-order valence-corrected chi connectivity index (χ1v) is 7.52. The number of aliphatic hydroxyl groups excluding tert-OH is 1. The summed E-state index contributed by atoms with van der Waals surface area (Å²) in [6.45, 7) is -0.107. The fourth-order valence-corrected chi connectivity index (χ4v) is 3.59. The molecular formula is C18H17ClO3. The molecular weight excluding hydrogens is 300 g/mol. The molecule has 0 unspecified atom stereocenters. The number of halogens is 1. The number of carbonyl (C=O) groups excluding carboxylic acids is 1. The molecule has 1 fully saturated rings. The smallest absolute Gasteiger partial charge is 0.310 e. The van der Waals surface area contributed by atoms with Gasteiger partial charge in [0.15, 0.2) is 0 Å². The number of ether oxygens (including phenoxy) is 1. The van der Waals surface area contributed by atoms with Gasteiger partial charge in [-0.15, -0.1) is 0 Å². The van der Waals surface area contributed by atoms with E-state index >= 15 is 0 Å². The quantitative estimate of drug-likeness (QED) is 0.881. The molecule has 3 rings (SSSR count). The van der Waals surface area contributed by atoms with Crippen molar-refractivity contribution in [3.05, 3.63) is 70.7 Å². The monoisotopic (exact) mass is 316 g/mol. The molecule has 114 valence electrons.